The van der Waals surface area contributed by atoms with E-state index in [0.717, 1.165) is 12.8 Å². The normalized spacial score (nSPS) is 11.1. The van der Waals surface area contributed by atoms with Gasteiger partial charge in [-0.1, -0.05) is 37.1 Å². The number of fused-ring (bicyclic) bond motifs is 1. The number of aryl methyl sites for hydroxylation is 1. The molecule has 1 aromatic carbocycles. The Morgan fingerprint density at radius 3 is 2.46 bits per heavy atom. The van der Waals surface area contributed by atoms with Gasteiger partial charge in [0.25, 0.3) is 5.56 Å². The van der Waals surface area contributed by atoms with Crippen LogP contribution >= 0.6 is 11.6 Å². The van der Waals surface area contributed by atoms with E-state index in [1.54, 1.807) is 24.3 Å². The maximum absolute atomic E-state index is 12.5. The zero-order chi connectivity index (χ0) is 17.3. The lowest BCUT2D eigenvalue weighted by atomic mass is 9.96. The van der Waals surface area contributed by atoms with Crippen LogP contribution < -0.4 is 16.9 Å². The summed E-state index contributed by atoms with van der Waals surface area (Å²) in [6.45, 7) is 2.02. The first kappa shape index (κ1) is 16.3. The Hall–Kier alpha value is -2.60. The molecule has 0 saturated carbocycles. The molecule has 2 aromatic heterocycles. The van der Waals surface area contributed by atoms with Crippen LogP contribution in [0, 0.1) is 0 Å². The molecule has 7 heteroatoms. The van der Waals surface area contributed by atoms with Crippen molar-refractivity contribution >= 4 is 22.7 Å². The highest BCUT2D eigenvalue weighted by Gasteiger charge is 2.19. The standard InChI is InChI=1S/C17H15ClN2O4/c1-2-3-4-11-12(9-5-7-10(18)8-6-9)16(22)24-15-13(11)14(21)19-17(23)20-15/h5-8H,2-4H2,1H3,(H2,19,20,21,23). The van der Waals surface area contributed by atoms with Crippen molar-refractivity contribution in [3.63, 3.8) is 0 Å². The quantitative estimate of drug-likeness (QED) is 0.759. The number of aromatic amines is 2. The molecule has 0 bridgehead atoms. The van der Waals surface area contributed by atoms with Gasteiger partial charge in [0.1, 0.15) is 5.39 Å². The van der Waals surface area contributed by atoms with Crippen molar-refractivity contribution in [3.8, 4) is 11.1 Å². The Morgan fingerprint density at radius 1 is 1.08 bits per heavy atom. The van der Waals surface area contributed by atoms with E-state index in [9.17, 15) is 14.4 Å². The lowest BCUT2D eigenvalue weighted by molar-refractivity contribution is 0.546. The third-order valence-corrected chi connectivity index (χ3v) is 4.08. The molecule has 0 aliphatic carbocycles. The smallest absolute Gasteiger partial charge is 0.345 e. The molecule has 3 rings (SSSR count). The summed E-state index contributed by atoms with van der Waals surface area (Å²) in [5.41, 5.74) is -0.468. The summed E-state index contributed by atoms with van der Waals surface area (Å²) < 4.78 is 5.20. The van der Waals surface area contributed by atoms with E-state index in [0.29, 0.717) is 28.1 Å². The lowest BCUT2D eigenvalue weighted by Gasteiger charge is -2.10. The van der Waals surface area contributed by atoms with E-state index in [-0.39, 0.29) is 11.1 Å². The zero-order valence-electron chi connectivity index (χ0n) is 12.9. The molecule has 0 spiro atoms. The summed E-state index contributed by atoms with van der Waals surface area (Å²) in [4.78, 5) is 40.8. The number of rotatable bonds is 4. The van der Waals surface area contributed by atoms with E-state index in [4.69, 9.17) is 16.0 Å². The van der Waals surface area contributed by atoms with Gasteiger partial charge in [-0.3, -0.25) is 14.8 Å². The second kappa shape index (κ2) is 6.49. The van der Waals surface area contributed by atoms with E-state index in [2.05, 4.69) is 9.97 Å². The van der Waals surface area contributed by atoms with Crippen LogP contribution in [0.15, 0.2) is 43.1 Å². The number of nitrogens with one attached hydrogen (secondary N) is 2. The second-order valence-electron chi connectivity index (χ2n) is 5.47. The molecule has 2 heterocycles. The van der Waals surface area contributed by atoms with Gasteiger partial charge >= 0.3 is 11.3 Å². The average molecular weight is 347 g/mol. The molecule has 24 heavy (non-hydrogen) atoms. The molecule has 0 atom stereocenters. The Balaban J connectivity index is 2.41. The summed E-state index contributed by atoms with van der Waals surface area (Å²) in [7, 11) is 0. The summed E-state index contributed by atoms with van der Waals surface area (Å²) in [5, 5.41) is 0.744. The molecular weight excluding hydrogens is 332 g/mol. The van der Waals surface area contributed by atoms with Gasteiger partial charge in [-0.2, -0.15) is 0 Å². The minimum Gasteiger partial charge on any atom is -0.405 e. The van der Waals surface area contributed by atoms with Gasteiger partial charge in [-0.15, -0.1) is 0 Å². The third kappa shape index (κ3) is 2.92. The monoisotopic (exact) mass is 346 g/mol. The molecule has 0 saturated heterocycles. The SMILES string of the molecule is CCCCc1c(-c2ccc(Cl)cc2)c(=O)oc2[nH]c(=O)[nH]c(=O)c12. The maximum Gasteiger partial charge on any atom is 0.345 e. The molecule has 0 aliphatic rings. The van der Waals surface area contributed by atoms with Crippen molar-refractivity contribution in [2.75, 3.05) is 0 Å². The lowest BCUT2D eigenvalue weighted by Crippen LogP contribution is -2.25. The summed E-state index contributed by atoms with van der Waals surface area (Å²) in [6.07, 6.45) is 2.20. The number of H-pyrrole nitrogens is 2. The molecule has 3 aromatic rings. The molecule has 0 unspecified atom stereocenters. The predicted octanol–water partition coefficient (Wildman–Crippen LogP) is 2.83. The fourth-order valence-electron chi connectivity index (χ4n) is 2.72. The minimum absolute atomic E-state index is 0.0995. The van der Waals surface area contributed by atoms with E-state index >= 15 is 0 Å². The predicted molar refractivity (Wildman–Crippen MR) is 92.8 cm³/mol. The number of halogens is 1. The van der Waals surface area contributed by atoms with E-state index < -0.39 is 16.9 Å². The van der Waals surface area contributed by atoms with Crippen LogP contribution in [0.4, 0.5) is 0 Å². The van der Waals surface area contributed by atoms with Gasteiger partial charge < -0.3 is 4.42 Å². The zero-order valence-corrected chi connectivity index (χ0v) is 13.7. The topological polar surface area (TPSA) is 95.9 Å². The molecule has 6 nitrogen and oxygen atoms in total. The van der Waals surface area contributed by atoms with Crippen molar-refractivity contribution < 1.29 is 4.42 Å². The molecule has 0 aliphatic heterocycles. The fourth-order valence-corrected chi connectivity index (χ4v) is 2.85. The number of hydrogen-bond acceptors (Lipinski definition) is 4. The molecular formula is C17H15ClN2O4. The Kier molecular flexibility index (Phi) is 4.40. The first-order valence-electron chi connectivity index (χ1n) is 7.59. The van der Waals surface area contributed by atoms with E-state index in [1.807, 2.05) is 6.92 Å². The summed E-state index contributed by atoms with van der Waals surface area (Å²) in [6, 6.07) is 6.74. The highest BCUT2D eigenvalue weighted by atomic mass is 35.5. The Bertz CT molecular complexity index is 1060. The fraction of sp³-hybridized carbons (Fsp3) is 0.235. The Labute approximate surface area is 141 Å². The highest BCUT2D eigenvalue weighted by molar-refractivity contribution is 6.30. The first-order chi connectivity index (χ1) is 11.5. The largest absolute Gasteiger partial charge is 0.405 e. The number of benzene rings is 1. The van der Waals surface area contributed by atoms with Crippen LogP contribution in [0.25, 0.3) is 22.2 Å². The number of unbranched alkanes of at least 4 members (excludes halogenated alkanes) is 1. The van der Waals surface area contributed by atoms with Crippen molar-refractivity contribution in [2.45, 2.75) is 26.2 Å². The number of hydrogen-bond donors (Lipinski definition) is 2. The van der Waals surface area contributed by atoms with E-state index in [1.165, 1.54) is 0 Å². The molecule has 2 N–H and O–H groups in total. The van der Waals surface area contributed by atoms with Gasteiger partial charge in [0.15, 0.2) is 0 Å². The van der Waals surface area contributed by atoms with Gasteiger partial charge in [-0.05, 0) is 36.1 Å². The van der Waals surface area contributed by atoms with Gasteiger partial charge in [-0.25, -0.2) is 9.59 Å². The van der Waals surface area contributed by atoms with Gasteiger partial charge in [0, 0.05) is 5.02 Å². The summed E-state index contributed by atoms with van der Waals surface area (Å²) >= 11 is 5.90. The number of aromatic nitrogens is 2. The first-order valence-corrected chi connectivity index (χ1v) is 7.97. The van der Waals surface area contributed by atoms with Crippen molar-refractivity contribution in [3.05, 3.63) is 66.1 Å². The van der Waals surface area contributed by atoms with Crippen LogP contribution in [0.2, 0.25) is 5.02 Å². The van der Waals surface area contributed by atoms with Crippen LogP contribution in [0.3, 0.4) is 0 Å². The van der Waals surface area contributed by atoms with Crippen LogP contribution in [0.1, 0.15) is 25.3 Å². The van der Waals surface area contributed by atoms with Crippen LogP contribution in [0.5, 0.6) is 0 Å². The van der Waals surface area contributed by atoms with Crippen molar-refractivity contribution in [2.24, 2.45) is 0 Å². The van der Waals surface area contributed by atoms with Crippen molar-refractivity contribution in [1.82, 2.24) is 9.97 Å². The highest BCUT2D eigenvalue weighted by Crippen LogP contribution is 2.27. The molecule has 124 valence electrons. The van der Waals surface area contributed by atoms with Crippen LogP contribution in [-0.2, 0) is 6.42 Å². The second-order valence-corrected chi connectivity index (χ2v) is 5.90. The molecule has 0 radical (unpaired) electrons. The van der Waals surface area contributed by atoms with Crippen LogP contribution in [-0.4, -0.2) is 9.97 Å². The minimum atomic E-state index is -0.712. The third-order valence-electron chi connectivity index (χ3n) is 3.82. The van der Waals surface area contributed by atoms with Gasteiger partial charge in [0.05, 0.1) is 5.56 Å². The summed E-state index contributed by atoms with van der Waals surface area (Å²) in [5.74, 6) is 0. The molecule has 0 amide bonds. The van der Waals surface area contributed by atoms with Gasteiger partial charge in [0.2, 0.25) is 5.71 Å². The molecule has 0 fully saturated rings. The maximum atomic E-state index is 12.5. The Morgan fingerprint density at radius 2 is 1.79 bits per heavy atom. The average Bonchev–Trinajstić information content (AvgIpc) is 2.53. The van der Waals surface area contributed by atoms with Crippen molar-refractivity contribution in [1.29, 1.82) is 0 Å².